The Morgan fingerprint density at radius 1 is 1.56 bits per heavy atom. The van der Waals surface area contributed by atoms with E-state index in [1.54, 1.807) is 18.2 Å². The first kappa shape index (κ1) is 14.9. The third-order valence-corrected chi connectivity index (χ3v) is 6.85. The van der Waals surface area contributed by atoms with Gasteiger partial charge in [0.2, 0.25) is 0 Å². The first-order chi connectivity index (χ1) is 8.44. The van der Waals surface area contributed by atoms with E-state index in [4.69, 9.17) is 10.6 Å². The van der Waals surface area contributed by atoms with Crippen LogP contribution in [0.4, 0.5) is 0 Å². The van der Waals surface area contributed by atoms with Crippen LogP contribution >= 0.6 is 0 Å². The maximum atomic E-state index is 10.9. The number of carboxylic acid groups (broad SMARTS) is 1. The number of azide groups is 1. The van der Waals surface area contributed by atoms with Gasteiger partial charge in [0.05, 0.1) is 0 Å². The van der Waals surface area contributed by atoms with E-state index in [1.807, 2.05) is 6.07 Å². The molecule has 94 valence electrons. The molecule has 0 aromatic heterocycles. The minimum absolute atomic E-state index is 0.147. The van der Waals surface area contributed by atoms with Gasteiger partial charge in [-0.1, -0.05) is 0 Å². The summed E-state index contributed by atoms with van der Waals surface area (Å²) in [6.07, 6.45) is 0.848. The van der Waals surface area contributed by atoms with E-state index in [0.29, 0.717) is 12.1 Å². The number of aromatic carboxylic acids is 1. The molecule has 0 bridgehead atoms. The number of carboxylic acids is 1. The van der Waals surface area contributed by atoms with Crippen molar-refractivity contribution in [3.63, 3.8) is 0 Å². The number of nitrogens with zero attached hydrogens (tertiary/aromatic N) is 3. The Bertz CT molecular complexity index is 482. The van der Waals surface area contributed by atoms with E-state index in [0.717, 1.165) is 10.0 Å². The molecule has 0 atom stereocenters. The van der Waals surface area contributed by atoms with Crippen molar-refractivity contribution in [3.8, 4) is 0 Å². The molecule has 18 heavy (non-hydrogen) atoms. The van der Waals surface area contributed by atoms with E-state index >= 15 is 0 Å². The molecule has 1 aromatic rings. The van der Waals surface area contributed by atoms with Gasteiger partial charge in [-0.15, -0.1) is 0 Å². The second-order valence-electron chi connectivity index (χ2n) is 4.60. The van der Waals surface area contributed by atoms with Crippen molar-refractivity contribution >= 4 is 30.7 Å². The standard InChI is InChI=1S/C7H5O2.C5H10N3.Sn/c8-7(9)6-4-2-1-3-5-6;1-5(2)3-4-7-8-6;/h1-2,4-5H,(H,8,9);3-4H2,1-2H3;. The van der Waals surface area contributed by atoms with E-state index in [2.05, 4.69) is 23.9 Å². The van der Waals surface area contributed by atoms with E-state index in [1.165, 1.54) is 0 Å². The number of benzene rings is 1. The van der Waals surface area contributed by atoms with Crippen molar-refractivity contribution in [1.29, 1.82) is 0 Å². The molecule has 0 saturated heterocycles. The molecular weight excluding hydrogens is 337 g/mol. The fourth-order valence-corrected chi connectivity index (χ4v) is 5.63. The van der Waals surface area contributed by atoms with Crippen LogP contribution in [0.1, 0.15) is 30.6 Å². The van der Waals surface area contributed by atoms with Gasteiger partial charge < -0.3 is 0 Å². The van der Waals surface area contributed by atoms with Gasteiger partial charge in [0.1, 0.15) is 0 Å². The van der Waals surface area contributed by atoms with Gasteiger partial charge in [-0.3, -0.25) is 0 Å². The summed E-state index contributed by atoms with van der Waals surface area (Å²) >= 11 is -0.918. The Hall–Kier alpha value is -1.20. The van der Waals surface area contributed by atoms with Crippen molar-refractivity contribution in [2.75, 3.05) is 6.54 Å². The van der Waals surface area contributed by atoms with E-state index in [-0.39, 0.29) is 3.43 Å². The van der Waals surface area contributed by atoms with Crippen LogP contribution in [-0.4, -0.2) is 38.8 Å². The van der Waals surface area contributed by atoms with Crippen LogP contribution in [0.25, 0.3) is 10.4 Å². The van der Waals surface area contributed by atoms with Crippen LogP contribution in [0.5, 0.6) is 0 Å². The fourth-order valence-electron chi connectivity index (χ4n) is 1.56. The van der Waals surface area contributed by atoms with Crippen LogP contribution in [0, 0.1) is 0 Å². The van der Waals surface area contributed by atoms with Crippen molar-refractivity contribution in [2.45, 2.75) is 23.7 Å². The van der Waals surface area contributed by atoms with Gasteiger partial charge in [-0.05, 0) is 0 Å². The summed E-state index contributed by atoms with van der Waals surface area (Å²) in [6.45, 7) is 4.81. The zero-order valence-corrected chi connectivity index (χ0v) is 13.3. The van der Waals surface area contributed by atoms with Crippen molar-refractivity contribution in [3.05, 3.63) is 40.3 Å². The molecule has 0 heterocycles. The zero-order chi connectivity index (χ0) is 13.6. The molecule has 0 amide bonds. The second-order valence-corrected chi connectivity index (χ2v) is 10.8. The third kappa shape index (κ3) is 4.98. The molecular formula is C12H15N3O2Sn. The molecule has 1 N–H and O–H groups in total. The van der Waals surface area contributed by atoms with Crippen LogP contribution in [0.15, 0.2) is 29.4 Å². The summed E-state index contributed by atoms with van der Waals surface area (Å²) in [6, 6.07) is 7.17. The Balaban J connectivity index is 2.73. The van der Waals surface area contributed by atoms with Crippen molar-refractivity contribution in [2.24, 2.45) is 5.11 Å². The molecule has 2 radical (unpaired) electrons. The molecule has 5 nitrogen and oxygen atoms in total. The SMILES string of the molecule is C[C](C)(CCN=[N+]=[N-])[Sn][c]1cccc(C(=O)O)c1. The summed E-state index contributed by atoms with van der Waals surface area (Å²) in [4.78, 5) is 13.6. The van der Waals surface area contributed by atoms with Gasteiger partial charge >= 0.3 is 116 Å². The summed E-state index contributed by atoms with van der Waals surface area (Å²) < 4.78 is 1.30. The maximum absolute atomic E-state index is 10.9. The second kappa shape index (κ2) is 6.66. The van der Waals surface area contributed by atoms with Gasteiger partial charge in [0, 0.05) is 0 Å². The van der Waals surface area contributed by atoms with E-state index in [9.17, 15) is 4.79 Å². The molecule has 0 aliphatic carbocycles. The normalized spacial score (nSPS) is 10.8. The van der Waals surface area contributed by atoms with Gasteiger partial charge in [0.15, 0.2) is 0 Å². The van der Waals surface area contributed by atoms with Gasteiger partial charge in [0.25, 0.3) is 0 Å². The Labute approximate surface area is 116 Å². The van der Waals surface area contributed by atoms with Gasteiger partial charge in [-0.2, -0.15) is 0 Å². The molecule has 0 spiro atoms. The first-order valence-corrected chi connectivity index (χ1v) is 8.42. The van der Waals surface area contributed by atoms with Crippen LogP contribution in [0.3, 0.4) is 0 Å². The van der Waals surface area contributed by atoms with Gasteiger partial charge in [-0.25, -0.2) is 0 Å². The zero-order valence-electron chi connectivity index (χ0n) is 10.4. The monoisotopic (exact) mass is 353 g/mol. The summed E-state index contributed by atoms with van der Waals surface area (Å²) in [5.74, 6) is -0.886. The third-order valence-electron chi connectivity index (χ3n) is 2.49. The Morgan fingerprint density at radius 3 is 2.89 bits per heavy atom. The predicted octanol–water partition coefficient (Wildman–Crippen LogP) is 2.61. The average Bonchev–Trinajstić information content (AvgIpc) is 2.28. The fraction of sp³-hybridized carbons (Fsp3) is 0.417. The quantitative estimate of drug-likeness (QED) is 0.369. The van der Waals surface area contributed by atoms with Crippen molar-refractivity contribution < 1.29 is 9.90 Å². The van der Waals surface area contributed by atoms with Crippen LogP contribution in [0.2, 0.25) is 3.43 Å². The Morgan fingerprint density at radius 2 is 2.28 bits per heavy atom. The first-order valence-electron chi connectivity index (χ1n) is 5.57. The molecule has 0 fully saturated rings. The van der Waals surface area contributed by atoms with Crippen LogP contribution in [-0.2, 0) is 0 Å². The summed E-state index contributed by atoms with van der Waals surface area (Å²) in [5.41, 5.74) is 8.60. The van der Waals surface area contributed by atoms with Crippen LogP contribution < -0.4 is 3.58 Å². The molecule has 0 unspecified atom stereocenters. The minimum atomic E-state index is -0.918. The number of hydrogen-bond donors (Lipinski definition) is 1. The summed E-state index contributed by atoms with van der Waals surface area (Å²) in [5, 5.41) is 12.5. The molecule has 1 rings (SSSR count). The number of carbonyl (C=O) groups is 1. The Kier molecular flexibility index (Phi) is 5.49. The number of hydrogen-bond acceptors (Lipinski definition) is 2. The molecule has 1 aromatic carbocycles. The average molecular weight is 352 g/mol. The molecule has 0 saturated carbocycles. The number of rotatable bonds is 6. The molecule has 0 aliphatic rings. The summed E-state index contributed by atoms with van der Waals surface area (Å²) in [7, 11) is 0. The predicted molar refractivity (Wildman–Crippen MR) is 71.5 cm³/mol. The molecule has 0 aliphatic heterocycles. The van der Waals surface area contributed by atoms with Crippen molar-refractivity contribution in [1.82, 2.24) is 0 Å². The molecule has 6 heteroatoms. The van der Waals surface area contributed by atoms with E-state index < -0.39 is 27.1 Å². The topological polar surface area (TPSA) is 86.1 Å².